The molecule has 0 aromatic carbocycles. The minimum absolute atomic E-state index is 0.141. The average Bonchev–Trinajstić information content (AvgIpc) is 2.83. The molecule has 1 saturated carbocycles. The third-order valence-corrected chi connectivity index (χ3v) is 2.80. The molecule has 0 bridgehead atoms. The number of nitrogens with zero attached hydrogens (tertiary/aromatic N) is 2. The van der Waals surface area contributed by atoms with Crippen molar-refractivity contribution in [2.24, 2.45) is 5.73 Å². The van der Waals surface area contributed by atoms with Crippen LogP contribution in [0.3, 0.4) is 0 Å². The predicted octanol–water partition coefficient (Wildman–Crippen LogP) is 1.21. The Kier molecular flexibility index (Phi) is 2.04. The molecule has 0 saturated heterocycles. The van der Waals surface area contributed by atoms with Crippen LogP contribution in [0.15, 0.2) is 12.5 Å². The van der Waals surface area contributed by atoms with Gasteiger partial charge in [-0.1, -0.05) is 0 Å². The Morgan fingerprint density at radius 1 is 1.54 bits per heavy atom. The van der Waals surface area contributed by atoms with Crippen molar-refractivity contribution in [3.63, 3.8) is 0 Å². The van der Waals surface area contributed by atoms with Gasteiger partial charge in [0.05, 0.1) is 0 Å². The summed E-state index contributed by atoms with van der Waals surface area (Å²) in [6.45, 7) is 2.02. The Bertz CT molecular complexity index is 305. The van der Waals surface area contributed by atoms with E-state index in [-0.39, 0.29) is 5.54 Å². The van der Waals surface area contributed by atoms with Crippen LogP contribution >= 0.6 is 0 Å². The van der Waals surface area contributed by atoms with Gasteiger partial charge in [0.1, 0.15) is 6.33 Å². The van der Waals surface area contributed by atoms with Crippen molar-refractivity contribution in [2.45, 2.75) is 38.1 Å². The van der Waals surface area contributed by atoms with Crippen molar-refractivity contribution in [3.05, 3.63) is 23.8 Å². The number of hydrogen-bond donors (Lipinski definition) is 1. The summed E-state index contributed by atoms with van der Waals surface area (Å²) in [5, 5.41) is 0. The lowest BCUT2D eigenvalue weighted by Crippen LogP contribution is -2.22. The zero-order chi connectivity index (χ0) is 9.31. The van der Waals surface area contributed by atoms with Gasteiger partial charge >= 0.3 is 0 Å². The number of aryl methyl sites for hydroxylation is 2. The minimum atomic E-state index is 0.141. The van der Waals surface area contributed by atoms with E-state index in [2.05, 4.69) is 9.97 Å². The second-order valence-corrected chi connectivity index (χ2v) is 4.00. The van der Waals surface area contributed by atoms with Crippen LogP contribution in [0.2, 0.25) is 0 Å². The summed E-state index contributed by atoms with van der Waals surface area (Å²) in [5.74, 6) is 0. The summed E-state index contributed by atoms with van der Waals surface area (Å²) in [4.78, 5) is 8.16. The molecule has 1 heterocycles. The van der Waals surface area contributed by atoms with Crippen molar-refractivity contribution in [2.75, 3.05) is 0 Å². The first-order valence-corrected chi connectivity index (χ1v) is 4.74. The smallest absolute Gasteiger partial charge is 0.115 e. The maximum atomic E-state index is 6.00. The second kappa shape index (κ2) is 3.07. The Morgan fingerprint density at radius 3 is 2.92 bits per heavy atom. The van der Waals surface area contributed by atoms with Crippen molar-refractivity contribution in [1.29, 1.82) is 0 Å². The molecule has 3 nitrogen and oxygen atoms in total. The molecule has 1 aromatic heterocycles. The SMILES string of the molecule is Cc1ncncc1CCC1(N)CC1. The van der Waals surface area contributed by atoms with Crippen LogP contribution < -0.4 is 5.73 Å². The van der Waals surface area contributed by atoms with Gasteiger partial charge in [-0.3, -0.25) is 0 Å². The number of rotatable bonds is 3. The fourth-order valence-corrected chi connectivity index (χ4v) is 1.46. The molecule has 0 spiro atoms. The molecule has 70 valence electrons. The molecule has 0 radical (unpaired) electrons. The Balaban J connectivity index is 1.97. The molecule has 1 aliphatic carbocycles. The second-order valence-electron chi connectivity index (χ2n) is 4.00. The third-order valence-electron chi connectivity index (χ3n) is 2.80. The highest BCUT2D eigenvalue weighted by atomic mass is 14.8. The molecule has 1 aliphatic rings. The summed E-state index contributed by atoms with van der Waals surface area (Å²) in [6, 6.07) is 0. The Morgan fingerprint density at radius 2 is 2.31 bits per heavy atom. The van der Waals surface area contributed by atoms with E-state index in [0.717, 1.165) is 18.5 Å². The lowest BCUT2D eigenvalue weighted by Gasteiger charge is -2.08. The number of hydrogen-bond acceptors (Lipinski definition) is 3. The first-order valence-electron chi connectivity index (χ1n) is 4.74. The lowest BCUT2D eigenvalue weighted by atomic mass is 10.1. The molecule has 1 aromatic rings. The minimum Gasteiger partial charge on any atom is -0.325 e. The normalized spacial score (nSPS) is 18.6. The molecule has 13 heavy (non-hydrogen) atoms. The molecular weight excluding hydrogens is 162 g/mol. The van der Waals surface area contributed by atoms with E-state index in [9.17, 15) is 0 Å². The molecule has 0 atom stereocenters. The fourth-order valence-electron chi connectivity index (χ4n) is 1.46. The van der Waals surface area contributed by atoms with Gasteiger partial charge in [-0.05, 0) is 38.2 Å². The standard InChI is InChI=1S/C10H15N3/c1-8-9(6-12-7-13-8)2-3-10(11)4-5-10/h6-7H,2-5,11H2,1H3. The van der Waals surface area contributed by atoms with Crippen LogP contribution in [0.4, 0.5) is 0 Å². The summed E-state index contributed by atoms with van der Waals surface area (Å²) in [5.41, 5.74) is 8.46. The first-order chi connectivity index (χ1) is 6.20. The van der Waals surface area contributed by atoms with E-state index >= 15 is 0 Å². The highest BCUT2D eigenvalue weighted by Gasteiger charge is 2.37. The van der Waals surface area contributed by atoms with Crippen molar-refractivity contribution in [3.8, 4) is 0 Å². The van der Waals surface area contributed by atoms with E-state index in [1.165, 1.54) is 18.4 Å². The van der Waals surface area contributed by atoms with Crippen molar-refractivity contribution >= 4 is 0 Å². The van der Waals surface area contributed by atoms with Gasteiger partial charge in [0.25, 0.3) is 0 Å². The van der Waals surface area contributed by atoms with Gasteiger partial charge in [-0.2, -0.15) is 0 Å². The predicted molar refractivity (Wildman–Crippen MR) is 51.2 cm³/mol. The van der Waals surface area contributed by atoms with Crippen LogP contribution in [-0.2, 0) is 6.42 Å². The maximum Gasteiger partial charge on any atom is 0.115 e. The molecule has 0 amide bonds. The fraction of sp³-hybridized carbons (Fsp3) is 0.600. The van der Waals surface area contributed by atoms with Gasteiger partial charge in [-0.15, -0.1) is 0 Å². The van der Waals surface area contributed by atoms with Crippen LogP contribution in [0, 0.1) is 6.92 Å². The van der Waals surface area contributed by atoms with Gasteiger partial charge in [0, 0.05) is 17.4 Å². The quantitative estimate of drug-likeness (QED) is 0.755. The molecule has 1 fully saturated rings. The van der Waals surface area contributed by atoms with Crippen molar-refractivity contribution in [1.82, 2.24) is 9.97 Å². The van der Waals surface area contributed by atoms with Gasteiger partial charge in [-0.25, -0.2) is 9.97 Å². The molecule has 3 heteroatoms. The average molecular weight is 177 g/mol. The first kappa shape index (κ1) is 8.63. The van der Waals surface area contributed by atoms with E-state index in [1.54, 1.807) is 6.33 Å². The molecule has 2 rings (SSSR count). The molecule has 0 aliphatic heterocycles. The van der Waals surface area contributed by atoms with Gasteiger partial charge in [0.2, 0.25) is 0 Å². The lowest BCUT2D eigenvalue weighted by molar-refractivity contribution is 0.606. The highest BCUT2D eigenvalue weighted by Crippen LogP contribution is 2.36. The molecule has 0 unspecified atom stereocenters. The number of aromatic nitrogens is 2. The van der Waals surface area contributed by atoms with Gasteiger partial charge < -0.3 is 5.73 Å². The Labute approximate surface area is 78.4 Å². The molecular formula is C10H15N3. The third kappa shape index (κ3) is 2.04. The molecule has 2 N–H and O–H groups in total. The van der Waals surface area contributed by atoms with E-state index in [0.29, 0.717) is 0 Å². The highest BCUT2D eigenvalue weighted by molar-refractivity contribution is 5.15. The zero-order valence-corrected chi connectivity index (χ0v) is 7.95. The van der Waals surface area contributed by atoms with E-state index < -0.39 is 0 Å². The largest absolute Gasteiger partial charge is 0.325 e. The topological polar surface area (TPSA) is 51.8 Å². The van der Waals surface area contributed by atoms with Crippen LogP contribution in [0.25, 0.3) is 0 Å². The van der Waals surface area contributed by atoms with E-state index in [4.69, 9.17) is 5.73 Å². The van der Waals surface area contributed by atoms with E-state index in [1.807, 2.05) is 13.1 Å². The van der Waals surface area contributed by atoms with Crippen LogP contribution in [0.1, 0.15) is 30.5 Å². The summed E-state index contributed by atoms with van der Waals surface area (Å²) < 4.78 is 0. The zero-order valence-electron chi connectivity index (χ0n) is 7.95. The summed E-state index contributed by atoms with van der Waals surface area (Å²) >= 11 is 0. The monoisotopic (exact) mass is 177 g/mol. The maximum absolute atomic E-state index is 6.00. The van der Waals surface area contributed by atoms with Crippen LogP contribution in [0.5, 0.6) is 0 Å². The van der Waals surface area contributed by atoms with Gasteiger partial charge in [0.15, 0.2) is 0 Å². The summed E-state index contributed by atoms with van der Waals surface area (Å²) in [6.07, 6.45) is 7.94. The van der Waals surface area contributed by atoms with Crippen LogP contribution in [-0.4, -0.2) is 15.5 Å². The summed E-state index contributed by atoms with van der Waals surface area (Å²) in [7, 11) is 0. The Hall–Kier alpha value is -0.960. The van der Waals surface area contributed by atoms with Crippen molar-refractivity contribution < 1.29 is 0 Å². The number of nitrogens with two attached hydrogens (primary N) is 1.